The molecule has 1 fully saturated rings. The summed E-state index contributed by atoms with van der Waals surface area (Å²) < 4.78 is 4.95. The van der Waals surface area contributed by atoms with Crippen LogP contribution in [-0.2, 0) is 20.5 Å². The van der Waals surface area contributed by atoms with E-state index in [-0.39, 0.29) is 17.1 Å². The van der Waals surface area contributed by atoms with E-state index in [0.29, 0.717) is 19.5 Å². The van der Waals surface area contributed by atoms with Gasteiger partial charge in [-0.1, -0.05) is 98.8 Å². The number of hydrogen-bond donors (Lipinski definition) is 1. The number of Topliss-reactive ketones (excluding diaryl/α,β-unsaturated/α-hetero) is 1. The van der Waals surface area contributed by atoms with Crippen molar-refractivity contribution >= 4 is 12.3 Å². The molecule has 0 aromatic heterocycles. The highest BCUT2D eigenvalue weighted by Gasteiger charge is 2.41. The van der Waals surface area contributed by atoms with Crippen molar-refractivity contribution in [1.82, 2.24) is 4.90 Å². The average Bonchev–Trinajstić information content (AvgIpc) is 2.97. The normalized spacial score (nSPS) is 15.2. The minimum atomic E-state index is -1.01. The minimum Gasteiger partial charge on any atom is -0.467 e. The van der Waals surface area contributed by atoms with Gasteiger partial charge in [0.1, 0.15) is 12.2 Å². The Morgan fingerprint density at radius 1 is 0.895 bits per heavy atom. The van der Waals surface area contributed by atoms with E-state index in [1.165, 1.54) is 0 Å². The van der Waals surface area contributed by atoms with Gasteiger partial charge in [-0.25, -0.2) is 0 Å². The van der Waals surface area contributed by atoms with E-state index in [9.17, 15) is 14.7 Å². The molecule has 1 saturated heterocycles. The SMILES string of the molecule is CC(C)(COC=O)c1ccc(C(=O)CCCN2CCC(C(O)(c3ccccc3)c3ccccc3)CC2)cc1. The molecule has 0 amide bonds. The lowest BCUT2D eigenvalue weighted by Crippen LogP contribution is -2.44. The van der Waals surface area contributed by atoms with Crippen molar-refractivity contribution in [3.63, 3.8) is 0 Å². The number of carbonyl (C=O) groups excluding carboxylic acids is 2. The highest BCUT2D eigenvalue weighted by molar-refractivity contribution is 5.96. The fourth-order valence-corrected chi connectivity index (χ4v) is 5.64. The van der Waals surface area contributed by atoms with Crippen LogP contribution in [0.1, 0.15) is 66.6 Å². The van der Waals surface area contributed by atoms with E-state index < -0.39 is 5.60 Å². The number of rotatable bonds is 12. The summed E-state index contributed by atoms with van der Waals surface area (Å²) in [4.78, 5) is 25.7. The molecule has 0 bridgehead atoms. The zero-order chi connectivity index (χ0) is 27.0. The third-order valence-corrected chi connectivity index (χ3v) is 7.98. The summed E-state index contributed by atoms with van der Waals surface area (Å²) in [5, 5.41) is 12.1. The number of aliphatic hydroxyl groups is 1. The molecule has 0 aliphatic carbocycles. The second kappa shape index (κ2) is 12.5. The van der Waals surface area contributed by atoms with Crippen LogP contribution in [0.5, 0.6) is 0 Å². The van der Waals surface area contributed by atoms with E-state index in [2.05, 4.69) is 4.90 Å². The molecular weight excluding hydrogens is 474 g/mol. The summed E-state index contributed by atoms with van der Waals surface area (Å²) in [6, 6.07) is 27.7. The summed E-state index contributed by atoms with van der Waals surface area (Å²) >= 11 is 0. The second-order valence-corrected chi connectivity index (χ2v) is 11.0. The maximum Gasteiger partial charge on any atom is 0.293 e. The zero-order valence-corrected chi connectivity index (χ0v) is 22.5. The first-order chi connectivity index (χ1) is 18.3. The van der Waals surface area contributed by atoms with Gasteiger partial charge in [-0.15, -0.1) is 0 Å². The standard InChI is InChI=1S/C33H39NO4/c1-32(2,24-38-25-35)27-17-15-26(16-18-27)31(36)14-9-21-34-22-19-30(20-23-34)33(37,28-10-5-3-6-11-28)29-12-7-4-8-13-29/h3-8,10-13,15-18,25,30,37H,9,14,19-24H2,1-2H3. The minimum absolute atomic E-state index is 0.130. The molecule has 3 aromatic rings. The van der Waals surface area contributed by atoms with E-state index in [0.717, 1.165) is 61.2 Å². The average molecular weight is 514 g/mol. The Morgan fingerprint density at radius 2 is 1.45 bits per heavy atom. The first kappa shape index (κ1) is 27.7. The number of piperidine rings is 1. The van der Waals surface area contributed by atoms with Crippen LogP contribution in [0, 0.1) is 5.92 Å². The molecule has 5 heteroatoms. The fraction of sp³-hybridized carbons (Fsp3) is 0.394. The van der Waals surface area contributed by atoms with Gasteiger partial charge in [-0.05, 0) is 61.5 Å². The van der Waals surface area contributed by atoms with Crippen LogP contribution in [0.3, 0.4) is 0 Å². The Hall–Kier alpha value is -3.28. The molecule has 3 aromatic carbocycles. The molecule has 0 radical (unpaired) electrons. The Bertz CT molecular complexity index is 1130. The number of likely N-dealkylation sites (tertiary alicyclic amines) is 1. The molecule has 1 heterocycles. The zero-order valence-electron chi connectivity index (χ0n) is 22.5. The van der Waals surface area contributed by atoms with Gasteiger partial charge in [0.05, 0.1) is 0 Å². The maximum atomic E-state index is 12.8. The van der Waals surface area contributed by atoms with Gasteiger partial charge >= 0.3 is 0 Å². The summed E-state index contributed by atoms with van der Waals surface area (Å²) in [7, 11) is 0. The predicted molar refractivity (Wildman–Crippen MR) is 150 cm³/mol. The van der Waals surface area contributed by atoms with Crippen LogP contribution < -0.4 is 0 Å². The quantitative estimate of drug-likeness (QED) is 0.247. The van der Waals surface area contributed by atoms with E-state index in [4.69, 9.17) is 4.74 Å². The highest BCUT2D eigenvalue weighted by atomic mass is 16.5. The smallest absolute Gasteiger partial charge is 0.293 e. The first-order valence-electron chi connectivity index (χ1n) is 13.6. The maximum absolute atomic E-state index is 12.8. The summed E-state index contributed by atoms with van der Waals surface area (Å²) in [5.74, 6) is 0.279. The van der Waals surface area contributed by atoms with Gasteiger partial charge in [0, 0.05) is 17.4 Å². The lowest BCUT2D eigenvalue weighted by atomic mass is 9.72. The lowest BCUT2D eigenvalue weighted by molar-refractivity contribution is -0.130. The summed E-state index contributed by atoms with van der Waals surface area (Å²) in [5.41, 5.74) is 2.33. The largest absolute Gasteiger partial charge is 0.467 e. The fourth-order valence-electron chi connectivity index (χ4n) is 5.64. The van der Waals surface area contributed by atoms with Gasteiger partial charge in [-0.3, -0.25) is 9.59 Å². The van der Waals surface area contributed by atoms with Crippen molar-refractivity contribution in [2.75, 3.05) is 26.2 Å². The van der Waals surface area contributed by atoms with E-state index >= 15 is 0 Å². The van der Waals surface area contributed by atoms with Crippen molar-refractivity contribution in [1.29, 1.82) is 0 Å². The van der Waals surface area contributed by atoms with Crippen LogP contribution >= 0.6 is 0 Å². The number of carbonyl (C=O) groups is 2. The highest BCUT2D eigenvalue weighted by Crippen LogP contribution is 2.41. The monoisotopic (exact) mass is 513 g/mol. The van der Waals surface area contributed by atoms with Crippen molar-refractivity contribution in [2.24, 2.45) is 5.92 Å². The summed E-state index contributed by atoms with van der Waals surface area (Å²) in [6.07, 6.45) is 3.12. The molecule has 1 aliphatic rings. The topological polar surface area (TPSA) is 66.8 Å². The Balaban J connectivity index is 1.30. The molecule has 1 aliphatic heterocycles. The van der Waals surface area contributed by atoms with Gasteiger partial charge in [0.15, 0.2) is 5.78 Å². The van der Waals surface area contributed by atoms with Gasteiger partial charge < -0.3 is 14.7 Å². The third kappa shape index (κ3) is 6.40. The molecule has 5 nitrogen and oxygen atoms in total. The van der Waals surface area contributed by atoms with Gasteiger partial charge in [-0.2, -0.15) is 0 Å². The van der Waals surface area contributed by atoms with E-state index in [1.807, 2.05) is 98.8 Å². The molecule has 0 atom stereocenters. The number of nitrogens with zero attached hydrogens (tertiary/aromatic N) is 1. The third-order valence-electron chi connectivity index (χ3n) is 7.98. The van der Waals surface area contributed by atoms with Crippen LogP contribution in [0.2, 0.25) is 0 Å². The van der Waals surface area contributed by atoms with Crippen LogP contribution in [0.15, 0.2) is 84.9 Å². The first-order valence-corrected chi connectivity index (χ1v) is 13.6. The Morgan fingerprint density at radius 3 is 1.97 bits per heavy atom. The van der Waals surface area contributed by atoms with Crippen molar-refractivity contribution in [2.45, 2.75) is 50.5 Å². The van der Waals surface area contributed by atoms with Crippen LogP contribution in [0.4, 0.5) is 0 Å². The molecular formula is C33H39NO4. The molecule has 200 valence electrons. The predicted octanol–water partition coefficient (Wildman–Crippen LogP) is 5.75. The van der Waals surface area contributed by atoms with Crippen molar-refractivity contribution in [3.05, 3.63) is 107 Å². The number of hydrogen-bond acceptors (Lipinski definition) is 5. The lowest BCUT2D eigenvalue weighted by Gasteiger charge is -2.42. The number of ketones is 1. The Labute approximate surface area is 226 Å². The molecule has 38 heavy (non-hydrogen) atoms. The second-order valence-electron chi connectivity index (χ2n) is 11.0. The van der Waals surface area contributed by atoms with Gasteiger partial charge in [0.2, 0.25) is 0 Å². The number of benzene rings is 3. The van der Waals surface area contributed by atoms with Crippen LogP contribution in [-0.4, -0.2) is 48.5 Å². The molecule has 4 rings (SSSR count). The molecule has 1 N–H and O–H groups in total. The van der Waals surface area contributed by atoms with Gasteiger partial charge in [0.25, 0.3) is 6.47 Å². The molecule has 0 saturated carbocycles. The molecule has 0 unspecified atom stereocenters. The van der Waals surface area contributed by atoms with E-state index in [1.54, 1.807) is 0 Å². The van der Waals surface area contributed by atoms with Crippen molar-refractivity contribution < 1.29 is 19.4 Å². The summed E-state index contributed by atoms with van der Waals surface area (Å²) in [6.45, 7) is 7.49. The number of ether oxygens (including phenoxy) is 1. The molecule has 0 spiro atoms. The van der Waals surface area contributed by atoms with Crippen molar-refractivity contribution in [3.8, 4) is 0 Å². The Kier molecular flexibility index (Phi) is 9.13. The van der Waals surface area contributed by atoms with Crippen LogP contribution in [0.25, 0.3) is 0 Å².